The number of aromatic carboxylic acids is 1. The molecule has 6 heteroatoms. The Morgan fingerprint density at radius 1 is 1.03 bits per heavy atom. The van der Waals surface area contributed by atoms with Crippen LogP contribution in [-0.4, -0.2) is 58.3 Å². The van der Waals surface area contributed by atoms with Gasteiger partial charge in [-0.1, -0.05) is 60.1 Å². The van der Waals surface area contributed by atoms with Crippen molar-refractivity contribution in [3.05, 3.63) is 94.0 Å². The third-order valence-electron chi connectivity index (χ3n) is 5.76. The molecule has 156 valence electrons. The van der Waals surface area contributed by atoms with E-state index in [4.69, 9.17) is 16.7 Å². The summed E-state index contributed by atoms with van der Waals surface area (Å²) in [6.07, 6.45) is 2.27. The molecule has 0 bridgehead atoms. The van der Waals surface area contributed by atoms with E-state index in [-0.39, 0.29) is 35.1 Å². The monoisotopic (exact) mass is 445 g/mol. The zero-order valence-electron chi connectivity index (χ0n) is 16.5. The average molecular weight is 446 g/mol. The number of halogens is 1. The summed E-state index contributed by atoms with van der Waals surface area (Å²) in [5, 5.41) is 23.6. The number of aryl methyl sites for hydroxylation is 1. The van der Waals surface area contributed by atoms with E-state index in [1.54, 1.807) is 18.2 Å². The van der Waals surface area contributed by atoms with Crippen molar-refractivity contribution in [1.82, 2.24) is 5.32 Å². The molecule has 1 aliphatic rings. The van der Waals surface area contributed by atoms with E-state index in [1.807, 2.05) is 30.3 Å². The fourth-order valence-corrected chi connectivity index (χ4v) is 4.31. The molecule has 3 aromatic carbocycles. The summed E-state index contributed by atoms with van der Waals surface area (Å²) in [5.41, 5.74) is 5.78. The Labute approximate surface area is 209 Å². The molecule has 4 rings (SSSR count). The molecule has 3 aromatic rings. The molecule has 0 unspecified atom stereocenters. The molecule has 0 aromatic heterocycles. The van der Waals surface area contributed by atoms with Crippen LogP contribution in [0.25, 0.3) is 11.1 Å². The maximum atomic E-state index is 11.1. The number of carboxylic acid groups (broad SMARTS) is 1. The number of carbonyl (C=O) groups is 1. The van der Waals surface area contributed by atoms with E-state index in [2.05, 4.69) is 23.5 Å². The fourth-order valence-electron chi connectivity index (χ4n) is 4.05. The van der Waals surface area contributed by atoms with Crippen molar-refractivity contribution in [2.45, 2.75) is 31.4 Å². The van der Waals surface area contributed by atoms with Crippen molar-refractivity contribution in [3.63, 3.8) is 0 Å². The van der Waals surface area contributed by atoms with Gasteiger partial charge in [0, 0.05) is 23.2 Å². The topological polar surface area (TPSA) is 69.6 Å². The number of aliphatic hydroxyl groups is 1. The summed E-state index contributed by atoms with van der Waals surface area (Å²) in [5.74, 6) is -0.917. The van der Waals surface area contributed by atoms with Crippen molar-refractivity contribution in [2.75, 3.05) is 6.54 Å². The van der Waals surface area contributed by atoms with Crippen LogP contribution in [0.1, 0.15) is 39.6 Å². The van der Waals surface area contributed by atoms with Crippen LogP contribution in [0, 0.1) is 0 Å². The van der Waals surface area contributed by atoms with Crippen LogP contribution < -0.4 is 5.32 Å². The van der Waals surface area contributed by atoms with Crippen LogP contribution in [0.2, 0.25) is 5.02 Å². The fraction of sp³-hybridized carbons (Fsp3) is 0.240. The standard InChI is InChI=1S/C25H24ClNO3.Na.H/c26-23-4-2-1-3-22(23)24(28)15-27-21-12-11-17-7-10-19(13-20(17)14-21)16-5-8-18(9-6-16)25(29)30;;/h1-10,13,21,24,27-28H,11-12,14-15H2,(H,29,30);;/t21-,24+;;/m0../s1. The van der Waals surface area contributed by atoms with E-state index in [1.165, 1.54) is 11.1 Å². The number of fused-ring (bicyclic) bond motifs is 1. The molecular weight excluding hydrogens is 421 g/mol. The molecule has 0 saturated heterocycles. The molecule has 0 saturated carbocycles. The first-order valence-electron chi connectivity index (χ1n) is 10.1. The molecular formula is C25H25ClNNaO3. The van der Waals surface area contributed by atoms with Gasteiger partial charge >= 0.3 is 35.5 Å². The Kier molecular flexibility index (Phi) is 8.34. The number of hydrogen-bond donors (Lipinski definition) is 3. The molecule has 0 spiro atoms. The Morgan fingerprint density at radius 3 is 2.45 bits per heavy atom. The van der Waals surface area contributed by atoms with Gasteiger partial charge in [-0.25, -0.2) is 4.79 Å². The molecule has 31 heavy (non-hydrogen) atoms. The van der Waals surface area contributed by atoms with Gasteiger partial charge in [-0.15, -0.1) is 0 Å². The predicted molar refractivity (Wildman–Crippen MR) is 126 cm³/mol. The van der Waals surface area contributed by atoms with Gasteiger partial charge in [0.05, 0.1) is 11.7 Å². The van der Waals surface area contributed by atoms with Crippen molar-refractivity contribution in [1.29, 1.82) is 0 Å². The minimum atomic E-state index is -0.917. The van der Waals surface area contributed by atoms with Crippen LogP contribution in [0.3, 0.4) is 0 Å². The normalized spacial score (nSPS) is 16.1. The van der Waals surface area contributed by atoms with Gasteiger partial charge in [0.15, 0.2) is 0 Å². The number of aliphatic hydroxyl groups excluding tert-OH is 1. The van der Waals surface area contributed by atoms with Crippen LogP contribution in [0.4, 0.5) is 0 Å². The summed E-state index contributed by atoms with van der Waals surface area (Å²) in [6, 6.07) is 21.1. The first-order valence-corrected chi connectivity index (χ1v) is 10.5. The number of benzene rings is 3. The van der Waals surface area contributed by atoms with Crippen LogP contribution in [0.5, 0.6) is 0 Å². The summed E-state index contributed by atoms with van der Waals surface area (Å²) >= 11 is 6.19. The molecule has 0 amide bonds. The summed E-state index contributed by atoms with van der Waals surface area (Å²) in [4.78, 5) is 11.1. The molecule has 2 atom stereocenters. The first-order chi connectivity index (χ1) is 14.5. The van der Waals surface area contributed by atoms with E-state index in [0.29, 0.717) is 17.6 Å². The second-order valence-corrected chi connectivity index (χ2v) is 8.16. The molecule has 4 nitrogen and oxygen atoms in total. The Bertz CT molecular complexity index is 1050. The van der Waals surface area contributed by atoms with Crippen molar-refractivity contribution in [2.24, 2.45) is 0 Å². The van der Waals surface area contributed by atoms with Crippen molar-refractivity contribution < 1.29 is 15.0 Å². The summed E-state index contributed by atoms with van der Waals surface area (Å²) in [6.45, 7) is 0.458. The molecule has 0 aliphatic heterocycles. The van der Waals surface area contributed by atoms with Crippen LogP contribution in [-0.2, 0) is 12.8 Å². The Morgan fingerprint density at radius 2 is 1.74 bits per heavy atom. The Hall–Kier alpha value is -1.66. The second kappa shape index (κ2) is 10.8. The van der Waals surface area contributed by atoms with Crippen molar-refractivity contribution >= 4 is 47.1 Å². The predicted octanol–water partition coefficient (Wildman–Crippen LogP) is 4.24. The molecule has 3 N–H and O–H groups in total. The zero-order chi connectivity index (χ0) is 21.1. The van der Waals surface area contributed by atoms with E-state index >= 15 is 0 Å². The molecule has 0 fully saturated rings. The van der Waals surface area contributed by atoms with Crippen LogP contribution in [0.15, 0.2) is 66.7 Å². The third kappa shape index (κ3) is 5.78. The van der Waals surface area contributed by atoms with E-state index < -0.39 is 12.1 Å². The molecule has 0 radical (unpaired) electrons. The van der Waals surface area contributed by atoms with Gasteiger partial charge in [0.25, 0.3) is 0 Å². The van der Waals surface area contributed by atoms with E-state index in [0.717, 1.165) is 36.0 Å². The Balaban J connectivity index is 0.00000272. The van der Waals surface area contributed by atoms with Gasteiger partial charge in [-0.2, -0.15) is 0 Å². The van der Waals surface area contributed by atoms with E-state index in [9.17, 15) is 9.90 Å². The number of carboxylic acids is 1. The van der Waals surface area contributed by atoms with Crippen LogP contribution >= 0.6 is 11.6 Å². The maximum absolute atomic E-state index is 11.1. The first kappa shape index (κ1) is 24.0. The van der Waals surface area contributed by atoms with Gasteiger partial charge in [-0.3, -0.25) is 0 Å². The molecule has 0 heterocycles. The SMILES string of the molecule is O=C(O)c1ccc(-c2ccc3c(c2)C[C@@H](NC[C@@H](O)c2ccccc2Cl)CC3)cc1.[NaH]. The van der Waals surface area contributed by atoms with Gasteiger partial charge < -0.3 is 15.5 Å². The van der Waals surface area contributed by atoms with Crippen molar-refractivity contribution in [3.8, 4) is 11.1 Å². The second-order valence-electron chi connectivity index (χ2n) is 7.75. The number of nitrogens with one attached hydrogen (secondary N) is 1. The molecule has 1 aliphatic carbocycles. The summed E-state index contributed by atoms with van der Waals surface area (Å²) < 4.78 is 0. The average Bonchev–Trinajstić information content (AvgIpc) is 2.77. The minimum absolute atomic E-state index is 0. The van der Waals surface area contributed by atoms with Gasteiger partial charge in [0.1, 0.15) is 0 Å². The van der Waals surface area contributed by atoms with Gasteiger partial charge in [-0.05, 0) is 59.7 Å². The zero-order valence-corrected chi connectivity index (χ0v) is 17.3. The number of rotatable bonds is 6. The van der Waals surface area contributed by atoms with Gasteiger partial charge in [0.2, 0.25) is 0 Å². The number of hydrogen-bond acceptors (Lipinski definition) is 3. The summed E-state index contributed by atoms with van der Waals surface area (Å²) in [7, 11) is 0. The quantitative estimate of drug-likeness (QED) is 0.496. The third-order valence-corrected chi connectivity index (χ3v) is 6.11.